The van der Waals surface area contributed by atoms with Crippen molar-refractivity contribution < 1.29 is 36.3 Å². The van der Waals surface area contributed by atoms with Crippen molar-refractivity contribution in [1.82, 2.24) is 0 Å². The minimum atomic E-state index is -4.03. The van der Waals surface area contributed by atoms with Crippen LogP contribution < -0.4 is 18.1 Å². The number of hydrogen-bond donors (Lipinski definition) is 0. The molecule has 0 spiro atoms. The molecule has 0 bridgehead atoms. The zero-order valence-electron chi connectivity index (χ0n) is 21.7. The second-order valence-electron chi connectivity index (χ2n) is 9.12. The van der Waals surface area contributed by atoms with Crippen LogP contribution in [0.15, 0.2) is 121 Å². The molecule has 0 atom stereocenters. The molecule has 0 N–H and O–H groups in total. The normalized spacial score (nSPS) is 17.5. The Morgan fingerprint density at radius 1 is 0.400 bits per heavy atom. The Morgan fingerprint density at radius 2 is 0.625 bits per heavy atom. The second-order valence-corrected chi connectivity index (χ2v) is 12.1. The molecule has 4 aromatic rings. The summed E-state index contributed by atoms with van der Waals surface area (Å²) in [6.07, 6.45) is 1.04. The van der Waals surface area contributed by atoms with E-state index in [1.165, 1.54) is 0 Å². The fourth-order valence-corrected chi connectivity index (χ4v) is 7.09. The molecule has 0 unspecified atom stereocenters. The Morgan fingerprint density at radius 3 is 0.850 bits per heavy atom. The van der Waals surface area contributed by atoms with Gasteiger partial charge >= 0.3 is 15.6 Å². The quantitative estimate of drug-likeness (QED) is 0.154. The van der Waals surface area contributed by atoms with Gasteiger partial charge in [0, 0.05) is 0 Å². The molecule has 0 heterocycles. The third kappa shape index (κ3) is 8.23. The molecule has 208 valence electrons. The lowest BCUT2D eigenvalue weighted by atomic mass is 9.95. The maximum absolute atomic E-state index is 13.8. The number of rotatable bonds is 12. The van der Waals surface area contributed by atoms with E-state index in [2.05, 4.69) is 0 Å². The smallest absolute Gasteiger partial charge is 0.395 e. The Labute approximate surface area is 234 Å². The van der Waals surface area contributed by atoms with E-state index in [4.69, 9.17) is 27.1 Å². The molecule has 40 heavy (non-hydrogen) atoms. The summed E-state index contributed by atoms with van der Waals surface area (Å²) in [4.78, 5) is 0. The first-order valence-corrected chi connectivity index (χ1v) is 15.9. The van der Waals surface area contributed by atoms with Gasteiger partial charge in [0.2, 0.25) is 0 Å². The Bertz CT molecular complexity index is 1210. The van der Waals surface area contributed by atoms with Gasteiger partial charge in [0.25, 0.3) is 0 Å². The molecule has 0 aromatic heterocycles. The highest BCUT2D eigenvalue weighted by Crippen LogP contribution is 2.54. The molecule has 1 fully saturated rings. The minimum Gasteiger partial charge on any atom is -0.395 e. The van der Waals surface area contributed by atoms with E-state index in [0.717, 1.165) is 0 Å². The molecule has 0 aliphatic heterocycles. The lowest BCUT2D eigenvalue weighted by Crippen LogP contribution is -2.27. The standard InChI is InChI=1S/C30H30O8P2/c31-39(33-25-13-5-1-6-14-25,34-26-15-7-2-8-16-26)37-29-21-23-30(24-22-29)38-40(32,35-27-17-9-3-10-18-27)36-28-19-11-4-12-20-28/h1-20,29-30H,21-24H2/t29-,30-. The molecule has 0 radical (unpaired) electrons. The highest BCUT2D eigenvalue weighted by Gasteiger charge is 2.40. The number of phosphoric acid groups is 2. The molecule has 10 heteroatoms. The molecule has 8 nitrogen and oxygen atoms in total. The predicted molar refractivity (Wildman–Crippen MR) is 152 cm³/mol. The van der Waals surface area contributed by atoms with Crippen LogP contribution >= 0.6 is 15.6 Å². The van der Waals surface area contributed by atoms with Crippen LogP contribution in [0.1, 0.15) is 25.7 Å². The third-order valence-electron chi connectivity index (χ3n) is 6.02. The van der Waals surface area contributed by atoms with E-state index in [9.17, 15) is 9.13 Å². The van der Waals surface area contributed by atoms with Crippen molar-refractivity contribution in [3.63, 3.8) is 0 Å². The molecule has 1 aliphatic carbocycles. The number of hydrogen-bond acceptors (Lipinski definition) is 8. The SMILES string of the molecule is O=P(Oc1ccccc1)(Oc1ccccc1)O[C@H]1CC[C@H](OP(=O)(Oc2ccccc2)Oc2ccccc2)CC1. The molecule has 1 aliphatic rings. The fraction of sp³-hybridized carbons (Fsp3) is 0.200. The summed E-state index contributed by atoms with van der Waals surface area (Å²) in [5, 5.41) is 0. The monoisotopic (exact) mass is 580 g/mol. The van der Waals surface area contributed by atoms with Gasteiger partial charge in [-0.1, -0.05) is 72.8 Å². The summed E-state index contributed by atoms with van der Waals surface area (Å²) in [6.45, 7) is 0. The molecule has 4 aromatic carbocycles. The van der Waals surface area contributed by atoms with Crippen LogP contribution in [0.2, 0.25) is 0 Å². The largest absolute Gasteiger partial charge is 0.587 e. The van der Waals surface area contributed by atoms with Crippen molar-refractivity contribution in [2.45, 2.75) is 37.9 Å². The molecule has 1 saturated carbocycles. The molecular weight excluding hydrogens is 550 g/mol. The zero-order chi connectivity index (χ0) is 27.7. The summed E-state index contributed by atoms with van der Waals surface area (Å²) in [5.41, 5.74) is 0. The van der Waals surface area contributed by atoms with Gasteiger partial charge in [-0.15, -0.1) is 0 Å². The van der Waals surface area contributed by atoms with Gasteiger partial charge in [-0.2, -0.15) is 0 Å². The summed E-state index contributed by atoms with van der Waals surface area (Å²) >= 11 is 0. The Kier molecular flexibility index (Phi) is 9.25. The van der Waals surface area contributed by atoms with E-state index in [0.29, 0.717) is 48.7 Å². The highest BCUT2D eigenvalue weighted by molar-refractivity contribution is 7.49. The van der Waals surface area contributed by atoms with E-state index < -0.39 is 27.9 Å². The van der Waals surface area contributed by atoms with E-state index in [1.807, 2.05) is 24.3 Å². The summed E-state index contributed by atoms with van der Waals surface area (Å²) in [7, 11) is -8.06. The number of benzene rings is 4. The van der Waals surface area contributed by atoms with Crippen molar-refractivity contribution in [3.05, 3.63) is 121 Å². The van der Waals surface area contributed by atoms with Crippen LogP contribution in [0, 0.1) is 0 Å². The lowest BCUT2D eigenvalue weighted by molar-refractivity contribution is 0.0499. The van der Waals surface area contributed by atoms with Crippen molar-refractivity contribution in [3.8, 4) is 23.0 Å². The van der Waals surface area contributed by atoms with Crippen molar-refractivity contribution in [1.29, 1.82) is 0 Å². The first-order valence-electron chi connectivity index (χ1n) is 13.0. The Hall–Kier alpha value is -3.54. The summed E-state index contributed by atoms with van der Waals surface area (Å²) in [6, 6.07) is 35.0. The van der Waals surface area contributed by atoms with Crippen LogP contribution in [0.25, 0.3) is 0 Å². The van der Waals surface area contributed by atoms with E-state index in [1.54, 1.807) is 97.1 Å². The third-order valence-corrected chi connectivity index (χ3v) is 8.87. The Balaban J connectivity index is 1.24. The van der Waals surface area contributed by atoms with Crippen molar-refractivity contribution in [2.75, 3.05) is 0 Å². The highest BCUT2D eigenvalue weighted by atomic mass is 31.2. The maximum Gasteiger partial charge on any atom is 0.587 e. The second kappa shape index (κ2) is 13.2. The van der Waals surface area contributed by atoms with Crippen LogP contribution in [-0.4, -0.2) is 12.2 Å². The molecule has 0 amide bonds. The molecule has 0 saturated heterocycles. The van der Waals surface area contributed by atoms with Crippen LogP contribution in [0.4, 0.5) is 0 Å². The molecule has 5 rings (SSSR count). The van der Waals surface area contributed by atoms with Gasteiger partial charge in [0.05, 0.1) is 12.2 Å². The van der Waals surface area contributed by atoms with Crippen molar-refractivity contribution in [2.24, 2.45) is 0 Å². The average molecular weight is 581 g/mol. The van der Waals surface area contributed by atoms with Gasteiger partial charge < -0.3 is 18.1 Å². The van der Waals surface area contributed by atoms with E-state index >= 15 is 0 Å². The fourth-order valence-electron chi connectivity index (χ4n) is 4.17. The zero-order valence-corrected chi connectivity index (χ0v) is 23.5. The van der Waals surface area contributed by atoms with Gasteiger partial charge in [-0.25, -0.2) is 9.13 Å². The minimum absolute atomic E-state index is 0.371. The van der Waals surface area contributed by atoms with Crippen LogP contribution in [0.5, 0.6) is 23.0 Å². The molecular formula is C30H30O8P2. The first kappa shape index (κ1) is 28.0. The van der Waals surface area contributed by atoms with Gasteiger partial charge in [-0.3, -0.25) is 9.05 Å². The topological polar surface area (TPSA) is 89.5 Å². The van der Waals surface area contributed by atoms with Gasteiger partial charge in [-0.05, 0) is 74.2 Å². The summed E-state index contributed by atoms with van der Waals surface area (Å²) < 4.78 is 62.4. The van der Waals surface area contributed by atoms with Crippen LogP contribution in [0.3, 0.4) is 0 Å². The number of para-hydroxylation sites is 4. The van der Waals surface area contributed by atoms with Crippen molar-refractivity contribution >= 4 is 15.6 Å². The average Bonchev–Trinajstić information content (AvgIpc) is 2.96. The first-order chi connectivity index (χ1) is 19.5. The lowest BCUT2D eigenvalue weighted by Gasteiger charge is -2.31. The van der Waals surface area contributed by atoms with Crippen LogP contribution in [-0.2, 0) is 18.2 Å². The van der Waals surface area contributed by atoms with E-state index in [-0.39, 0.29) is 0 Å². The van der Waals surface area contributed by atoms with Gasteiger partial charge in [0.15, 0.2) is 0 Å². The maximum atomic E-state index is 13.8. The van der Waals surface area contributed by atoms with Gasteiger partial charge in [0.1, 0.15) is 23.0 Å². The number of phosphoric ester groups is 2. The predicted octanol–water partition coefficient (Wildman–Crippen LogP) is 8.86. The summed E-state index contributed by atoms with van der Waals surface area (Å²) in [5.74, 6) is 1.48.